The summed E-state index contributed by atoms with van der Waals surface area (Å²) in [5.74, 6) is -0.788. The first kappa shape index (κ1) is 30.0. The number of benzene rings is 2. The lowest BCUT2D eigenvalue weighted by atomic mass is 9.99. The number of Topliss-reactive ketones (excluding diaryl/α,β-unsaturated/α-hetero) is 1. The molecule has 0 bridgehead atoms. The van der Waals surface area contributed by atoms with Crippen molar-refractivity contribution in [1.29, 1.82) is 0 Å². The molecule has 0 fully saturated rings. The molecule has 0 saturated heterocycles. The van der Waals surface area contributed by atoms with Crippen LogP contribution < -0.4 is 4.31 Å². The molecule has 15 heteroatoms. The molecule has 43 heavy (non-hydrogen) atoms. The Morgan fingerprint density at radius 3 is 2.42 bits per heavy atom. The lowest BCUT2D eigenvalue weighted by Crippen LogP contribution is -2.44. The number of aromatic nitrogens is 1. The number of hydrogen-bond donors (Lipinski definition) is 0. The van der Waals surface area contributed by atoms with Crippen molar-refractivity contribution in [2.45, 2.75) is 18.2 Å². The number of pyridine rings is 1. The van der Waals surface area contributed by atoms with Gasteiger partial charge < -0.3 is 4.42 Å². The minimum atomic E-state index is -4.50. The molecule has 224 valence electrons. The van der Waals surface area contributed by atoms with Crippen molar-refractivity contribution in [3.8, 4) is 11.3 Å². The van der Waals surface area contributed by atoms with Gasteiger partial charge in [-0.2, -0.15) is 9.29 Å². The first-order valence-electron chi connectivity index (χ1n) is 12.9. The fourth-order valence-electron chi connectivity index (χ4n) is 4.90. The molecule has 0 atom stereocenters. The third-order valence-corrected chi connectivity index (χ3v) is 10.0. The van der Waals surface area contributed by atoms with E-state index in [1.807, 2.05) is 0 Å². The number of halogens is 1. The molecular formula is C28H25FN4O8S2. The Hall–Kier alpha value is -4.47. The Bertz CT molecular complexity index is 2020. The fourth-order valence-corrected chi connectivity index (χ4v) is 7.35. The van der Waals surface area contributed by atoms with Gasteiger partial charge in [0.1, 0.15) is 11.6 Å². The molecular weight excluding hydrogens is 603 g/mol. The number of carbonyl (C=O) groups excluding carboxylic acids is 1. The quantitative estimate of drug-likeness (QED) is 0.162. The smallest absolute Gasteiger partial charge is 0.289 e. The van der Waals surface area contributed by atoms with E-state index >= 15 is 0 Å². The van der Waals surface area contributed by atoms with Gasteiger partial charge in [-0.25, -0.2) is 21.2 Å². The van der Waals surface area contributed by atoms with E-state index in [0.29, 0.717) is 5.56 Å². The Labute approximate surface area is 246 Å². The second-order valence-corrected chi connectivity index (χ2v) is 13.6. The monoisotopic (exact) mass is 628 g/mol. The van der Waals surface area contributed by atoms with Crippen LogP contribution in [0.3, 0.4) is 0 Å². The third-order valence-electron chi connectivity index (χ3n) is 6.99. The highest BCUT2D eigenvalue weighted by molar-refractivity contribution is 7.92. The molecule has 0 unspecified atom stereocenters. The molecule has 0 N–H and O–H groups in total. The van der Waals surface area contributed by atoms with Crippen LogP contribution in [0.5, 0.6) is 0 Å². The van der Waals surface area contributed by atoms with E-state index in [4.69, 9.17) is 4.42 Å². The molecule has 4 aromatic rings. The molecule has 0 amide bonds. The highest BCUT2D eigenvalue weighted by Crippen LogP contribution is 2.40. The van der Waals surface area contributed by atoms with Crippen LogP contribution >= 0.6 is 0 Å². The maximum Gasteiger partial charge on any atom is 0.289 e. The summed E-state index contributed by atoms with van der Waals surface area (Å²) in [7, 11) is -8.56. The average molecular weight is 629 g/mol. The summed E-state index contributed by atoms with van der Waals surface area (Å²) < 4.78 is 74.8. The normalized spacial score (nSPS) is 14.8. The standard InChI is InChI=1S/C28H25FN4O8S2/c1-4-23(34)25-21-15-20-17(2)16-31(43(39,40)24-8-6-5-7-22(24)33(35)36)13-14-32(42(3,37)38)27(20)30-28(21)41-26(25)18-9-11-19(29)12-10-18/h5-12,15H,2,4,13-14,16H2,1,3H3. The summed E-state index contributed by atoms with van der Waals surface area (Å²) in [4.78, 5) is 27.8. The fraction of sp³-hybridized carbons (Fsp3) is 0.214. The van der Waals surface area contributed by atoms with Crippen LogP contribution in [0, 0.1) is 15.9 Å². The van der Waals surface area contributed by atoms with Crippen LogP contribution in [0.2, 0.25) is 0 Å². The van der Waals surface area contributed by atoms with Gasteiger partial charge in [0, 0.05) is 43.2 Å². The van der Waals surface area contributed by atoms with Crippen molar-refractivity contribution >= 4 is 54.0 Å². The number of furan rings is 1. The number of nitro benzene ring substituents is 1. The predicted molar refractivity (Wildman–Crippen MR) is 157 cm³/mol. The van der Waals surface area contributed by atoms with Crippen LogP contribution in [-0.4, -0.2) is 62.7 Å². The second-order valence-electron chi connectivity index (χ2n) is 9.80. The van der Waals surface area contributed by atoms with Gasteiger partial charge in [0.25, 0.3) is 5.69 Å². The molecule has 5 rings (SSSR count). The molecule has 3 heterocycles. The molecule has 2 aromatic heterocycles. The first-order chi connectivity index (χ1) is 20.2. The van der Waals surface area contributed by atoms with E-state index in [0.717, 1.165) is 27.0 Å². The number of ketones is 1. The summed E-state index contributed by atoms with van der Waals surface area (Å²) in [6.45, 7) is 4.53. The van der Waals surface area contributed by atoms with E-state index in [1.165, 1.54) is 42.5 Å². The molecule has 0 radical (unpaired) electrons. The van der Waals surface area contributed by atoms with Gasteiger partial charge in [0.15, 0.2) is 16.5 Å². The zero-order valence-corrected chi connectivity index (χ0v) is 24.6. The summed E-state index contributed by atoms with van der Waals surface area (Å²) in [6.07, 6.45) is 1.00. The number of nitro groups is 1. The molecule has 12 nitrogen and oxygen atoms in total. The summed E-state index contributed by atoms with van der Waals surface area (Å²) in [5.41, 5.74) is 0.111. The minimum Gasteiger partial charge on any atom is -0.437 e. The highest BCUT2D eigenvalue weighted by Gasteiger charge is 2.36. The maximum absolute atomic E-state index is 13.7. The van der Waals surface area contributed by atoms with Crippen molar-refractivity contribution < 1.29 is 35.4 Å². The number of nitrogens with zero attached hydrogens (tertiary/aromatic N) is 4. The van der Waals surface area contributed by atoms with Gasteiger partial charge in [-0.1, -0.05) is 25.6 Å². The number of rotatable bonds is 7. The lowest BCUT2D eigenvalue weighted by molar-refractivity contribution is -0.387. The molecule has 0 spiro atoms. The van der Waals surface area contributed by atoms with E-state index < -0.39 is 41.4 Å². The molecule has 1 aliphatic heterocycles. The zero-order valence-electron chi connectivity index (χ0n) is 23.0. The highest BCUT2D eigenvalue weighted by atomic mass is 32.2. The lowest BCUT2D eigenvalue weighted by Gasteiger charge is -2.31. The second kappa shape index (κ2) is 11.0. The summed E-state index contributed by atoms with van der Waals surface area (Å²) in [6, 6.07) is 11.6. The van der Waals surface area contributed by atoms with Crippen LogP contribution in [0.1, 0.15) is 29.3 Å². The Morgan fingerprint density at radius 2 is 1.79 bits per heavy atom. The van der Waals surface area contributed by atoms with Gasteiger partial charge in [-0.3, -0.25) is 19.2 Å². The Balaban J connectivity index is 1.71. The number of sulfonamides is 2. The van der Waals surface area contributed by atoms with E-state index in [-0.39, 0.29) is 71.2 Å². The predicted octanol–water partition coefficient (Wildman–Crippen LogP) is 4.62. The SMILES string of the molecule is C=C1CN(S(=O)(=O)c2ccccc2[N+](=O)[O-])CCN(S(C)(=O)=O)c2nc3oc(-c4ccc(F)cc4)c(C(=O)CC)c3cc21. The number of anilines is 1. The first-order valence-corrected chi connectivity index (χ1v) is 16.2. The number of hydrogen-bond acceptors (Lipinski definition) is 9. The van der Waals surface area contributed by atoms with E-state index in [9.17, 15) is 36.1 Å². The molecule has 0 aliphatic carbocycles. The number of para-hydroxylation sites is 1. The molecule has 1 aliphatic rings. The Morgan fingerprint density at radius 1 is 1.12 bits per heavy atom. The van der Waals surface area contributed by atoms with Crippen molar-refractivity contribution in [1.82, 2.24) is 9.29 Å². The maximum atomic E-state index is 13.7. The molecule has 0 saturated carbocycles. The number of fused-ring (bicyclic) bond motifs is 2. The Kier molecular flexibility index (Phi) is 7.66. The third kappa shape index (κ3) is 5.42. The van der Waals surface area contributed by atoms with Gasteiger partial charge in [-0.05, 0) is 42.0 Å². The van der Waals surface area contributed by atoms with Gasteiger partial charge in [0.05, 0.1) is 22.1 Å². The minimum absolute atomic E-state index is 0.0544. The van der Waals surface area contributed by atoms with Crippen LogP contribution in [0.25, 0.3) is 28.0 Å². The van der Waals surface area contributed by atoms with Crippen LogP contribution in [0.15, 0.2) is 70.5 Å². The van der Waals surface area contributed by atoms with Gasteiger partial charge in [0.2, 0.25) is 25.8 Å². The van der Waals surface area contributed by atoms with E-state index in [2.05, 4.69) is 11.6 Å². The zero-order chi connectivity index (χ0) is 31.3. The largest absolute Gasteiger partial charge is 0.437 e. The average Bonchev–Trinajstić information content (AvgIpc) is 3.32. The van der Waals surface area contributed by atoms with Gasteiger partial charge >= 0.3 is 0 Å². The van der Waals surface area contributed by atoms with Crippen molar-refractivity contribution in [2.24, 2.45) is 0 Å². The summed E-state index contributed by atoms with van der Waals surface area (Å²) >= 11 is 0. The van der Waals surface area contributed by atoms with Crippen LogP contribution in [-0.2, 0) is 20.0 Å². The van der Waals surface area contributed by atoms with Crippen molar-refractivity contribution in [3.63, 3.8) is 0 Å². The van der Waals surface area contributed by atoms with Crippen molar-refractivity contribution in [3.05, 3.63) is 88.2 Å². The van der Waals surface area contributed by atoms with Gasteiger partial charge in [-0.15, -0.1) is 0 Å². The number of carbonyl (C=O) groups is 1. The van der Waals surface area contributed by atoms with Crippen molar-refractivity contribution in [2.75, 3.05) is 30.2 Å². The molecule has 2 aromatic carbocycles. The van der Waals surface area contributed by atoms with Crippen LogP contribution in [0.4, 0.5) is 15.9 Å². The topological polar surface area (TPSA) is 161 Å². The van der Waals surface area contributed by atoms with E-state index in [1.54, 1.807) is 6.92 Å². The summed E-state index contributed by atoms with van der Waals surface area (Å²) in [5, 5.41) is 11.8.